The van der Waals surface area contributed by atoms with Crippen LogP contribution in [0.2, 0.25) is 0 Å². The van der Waals surface area contributed by atoms with E-state index < -0.39 is 17.8 Å². The molecule has 0 bridgehead atoms. The van der Waals surface area contributed by atoms with E-state index >= 15 is 0 Å². The third-order valence-corrected chi connectivity index (χ3v) is 3.52. The van der Waals surface area contributed by atoms with Crippen molar-refractivity contribution in [3.05, 3.63) is 53.3 Å². The Bertz CT molecular complexity index is 795. The Hall–Kier alpha value is -3.17. The van der Waals surface area contributed by atoms with Crippen LogP contribution in [0, 0.1) is 0 Å². The average molecular weight is 382 g/mol. The molecule has 0 atom stereocenters. The first kappa shape index (κ1) is 20.1. The maximum absolute atomic E-state index is 12.5. The van der Waals surface area contributed by atoms with Gasteiger partial charge in [-0.25, -0.2) is 14.8 Å². The number of carbonyl (C=O) groups is 2. The lowest BCUT2D eigenvalue weighted by Gasteiger charge is -2.09. The second kappa shape index (κ2) is 8.97. The fourth-order valence-electron chi connectivity index (χ4n) is 2.14. The number of alkyl halides is 3. The molecule has 27 heavy (non-hydrogen) atoms. The van der Waals surface area contributed by atoms with E-state index in [2.05, 4.69) is 20.6 Å². The number of rotatable bonds is 8. The van der Waals surface area contributed by atoms with Crippen molar-refractivity contribution in [2.75, 3.05) is 18.4 Å². The lowest BCUT2D eigenvalue weighted by Crippen LogP contribution is -2.29. The van der Waals surface area contributed by atoms with Crippen LogP contribution >= 0.6 is 0 Å². The van der Waals surface area contributed by atoms with Gasteiger partial charge in [0.15, 0.2) is 0 Å². The highest BCUT2D eigenvalue weighted by molar-refractivity contribution is 5.87. The van der Waals surface area contributed by atoms with E-state index in [1.807, 2.05) is 0 Å². The van der Waals surface area contributed by atoms with E-state index in [1.54, 1.807) is 12.1 Å². The van der Waals surface area contributed by atoms with Crippen molar-refractivity contribution in [1.29, 1.82) is 0 Å². The molecule has 0 saturated heterocycles. The number of carbonyl (C=O) groups excluding carboxylic acids is 1. The molecule has 0 radical (unpaired) electrons. The molecule has 1 aromatic heterocycles. The molecule has 2 aromatic rings. The lowest BCUT2D eigenvalue weighted by atomic mass is 10.1. The molecule has 0 unspecified atom stereocenters. The molecule has 10 heteroatoms. The Morgan fingerprint density at radius 1 is 1.07 bits per heavy atom. The Balaban J connectivity index is 1.70. The first-order valence-corrected chi connectivity index (χ1v) is 7.99. The summed E-state index contributed by atoms with van der Waals surface area (Å²) in [6.07, 6.45) is -2.90. The number of carboxylic acids is 1. The van der Waals surface area contributed by atoms with Crippen molar-refractivity contribution in [2.45, 2.75) is 19.0 Å². The van der Waals surface area contributed by atoms with Crippen LogP contribution in [0.25, 0.3) is 0 Å². The molecule has 144 valence electrons. The molecule has 0 aliphatic rings. The van der Waals surface area contributed by atoms with Crippen molar-refractivity contribution < 1.29 is 27.9 Å². The number of nitrogens with zero attached hydrogens (tertiary/aromatic N) is 2. The Morgan fingerprint density at radius 2 is 1.78 bits per heavy atom. The van der Waals surface area contributed by atoms with Gasteiger partial charge in [0, 0.05) is 25.7 Å². The van der Waals surface area contributed by atoms with E-state index in [1.165, 1.54) is 12.1 Å². The van der Waals surface area contributed by atoms with Crippen LogP contribution in [0.1, 0.15) is 28.0 Å². The van der Waals surface area contributed by atoms with Gasteiger partial charge in [-0.05, 0) is 30.2 Å². The monoisotopic (exact) mass is 382 g/mol. The van der Waals surface area contributed by atoms with E-state index in [0.717, 1.165) is 17.8 Å². The number of hydrogen-bond donors (Lipinski definition) is 3. The first-order chi connectivity index (χ1) is 12.8. The predicted octanol–water partition coefficient (Wildman–Crippen LogP) is 2.35. The Morgan fingerprint density at radius 3 is 2.41 bits per heavy atom. The number of nitrogens with one attached hydrogen (secondary N) is 2. The summed E-state index contributed by atoms with van der Waals surface area (Å²) in [5.41, 5.74) is -0.0466. The fourth-order valence-corrected chi connectivity index (χ4v) is 2.14. The molecule has 0 aliphatic carbocycles. The topological polar surface area (TPSA) is 104 Å². The van der Waals surface area contributed by atoms with Crippen LogP contribution in [0.3, 0.4) is 0 Å². The smallest absolute Gasteiger partial charge is 0.433 e. The third kappa shape index (κ3) is 6.57. The van der Waals surface area contributed by atoms with E-state index in [9.17, 15) is 22.8 Å². The van der Waals surface area contributed by atoms with Crippen LogP contribution in [0.15, 0.2) is 36.5 Å². The Kier molecular flexibility index (Phi) is 6.69. The number of anilines is 1. The second-order valence-corrected chi connectivity index (χ2v) is 5.54. The van der Waals surface area contributed by atoms with Crippen LogP contribution in [-0.2, 0) is 17.4 Å². The van der Waals surface area contributed by atoms with Crippen molar-refractivity contribution in [2.24, 2.45) is 0 Å². The second-order valence-electron chi connectivity index (χ2n) is 5.54. The van der Waals surface area contributed by atoms with Gasteiger partial charge >= 0.3 is 12.1 Å². The summed E-state index contributed by atoms with van der Waals surface area (Å²) < 4.78 is 37.6. The maximum Gasteiger partial charge on any atom is 0.433 e. The highest BCUT2D eigenvalue weighted by atomic mass is 19.4. The molecule has 0 aliphatic heterocycles. The molecule has 3 N–H and O–H groups in total. The summed E-state index contributed by atoms with van der Waals surface area (Å²) in [5.74, 6) is -1.42. The third-order valence-electron chi connectivity index (χ3n) is 3.52. The van der Waals surface area contributed by atoms with Gasteiger partial charge in [0.2, 0.25) is 11.9 Å². The number of amides is 1. The minimum absolute atomic E-state index is 0.167. The average Bonchev–Trinajstić information content (AvgIpc) is 2.63. The predicted molar refractivity (Wildman–Crippen MR) is 90.3 cm³/mol. The van der Waals surface area contributed by atoms with Crippen LogP contribution in [0.5, 0.6) is 0 Å². The number of aromatic carboxylic acids is 1. The molecule has 1 aromatic carbocycles. The minimum Gasteiger partial charge on any atom is -0.478 e. The molecular formula is C17H17F3N4O3. The van der Waals surface area contributed by atoms with Gasteiger partial charge in [-0.15, -0.1) is 0 Å². The highest BCUT2D eigenvalue weighted by Gasteiger charge is 2.32. The van der Waals surface area contributed by atoms with Gasteiger partial charge in [0.05, 0.1) is 5.56 Å². The molecule has 0 spiro atoms. The zero-order chi connectivity index (χ0) is 19.9. The lowest BCUT2D eigenvalue weighted by molar-refractivity contribution is -0.141. The first-order valence-electron chi connectivity index (χ1n) is 7.99. The normalized spacial score (nSPS) is 11.1. The van der Waals surface area contributed by atoms with Gasteiger partial charge in [0.1, 0.15) is 5.69 Å². The molecular weight excluding hydrogens is 365 g/mol. The molecule has 0 saturated carbocycles. The molecule has 1 heterocycles. The number of benzene rings is 1. The summed E-state index contributed by atoms with van der Waals surface area (Å²) >= 11 is 0. The summed E-state index contributed by atoms with van der Waals surface area (Å²) in [7, 11) is 0. The van der Waals surface area contributed by atoms with Crippen LogP contribution in [-0.4, -0.2) is 40.0 Å². The SMILES string of the molecule is O=C(CCc1ccc(C(=O)O)cc1)NCCNc1nccc(C(F)(F)F)n1. The number of carboxylic acid groups (broad SMARTS) is 1. The fraction of sp³-hybridized carbons (Fsp3) is 0.294. The number of hydrogen-bond acceptors (Lipinski definition) is 5. The summed E-state index contributed by atoms with van der Waals surface area (Å²) in [6.45, 7) is 0.358. The number of aromatic nitrogens is 2. The van der Waals surface area contributed by atoms with Crippen molar-refractivity contribution >= 4 is 17.8 Å². The van der Waals surface area contributed by atoms with Gasteiger partial charge in [0.25, 0.3) is 0 Å². The number of halogens is 3. The minimum atomic E-state index is -4.55. The van der Waals surface area contributed by atoms with Crippen molar-refractivity contribution in [3.63, 3.8) is 0 Å². The summed E-state index contributed by atoms with van der Waals surface area (Å²) in [5, 5.41) is 14.1. The van der Waals surface area contributed by atoms with E-state index in [4.69, 9.17) is 5.11 Å². The molecule has 0 fully saturated rings. The summed E-state index contributed by atoms with van der Waals surface area (Å²) in [6, 6.07) is 6.99. The van der Waals surface area contributed by atoms with Crippen LogP contribution < -0.4 is 10.6 Å². The van der Waals surface area contributed by atoms with Crippen molar-refractivity contribution in [1.82, 2.24) is 15.3 Å². The van der Waals surface area contributed by atoms with Crippen LogP contribution in [0.4, 0.5) is 19.1 Å². The van der Waals surface area contributed by atoms with Crippen molar-refractivity contribution in [3.8, 4) is 0 Å². The van der Waals surface area contributed by atoms with Gasteiger partial charge in [-0.2, -0.15) is 13.2 Å². The van der Waals surface area contributed by atoms with E-state index in [-0.39, 0.29) is 36.9 Å². The number of aryl methyl sites for hydroxylation is 1. The molecule has 1 amide bonds. The standard InChI is InChI=1S/C17H17F3N4O3/c18-17(19,20)13-7-8-22-16(24-13)23-10-9-21-14(25)6-3-11-1-4-12(5-2-11)15(26)27/h1-2,4-5,7-8H,3,6,9-10H2,(H,21,25)(H,26,27)(H,22,23,24). The zero-order valence-electron chi connectivity index (χ0n) is 14.1. The largest absolute Gasteiger partial charge is 0.478 e. The van der Waals surface area contributed by atoms with Gasteiger partial charge in [-0.3, -0.25) is 4.79 Å². The molecule has 7 nitrogen and oxygen atoms in total. The van der Waals surface area contributed by atoms with Gasteiger partial charge < -0.3 is 15.7 Å². The van der Waals surface area contributed by atoms with Gasteiger partial charge in [-0.1, -0.05) is 12.1 Å². The quantitative estimate of drug-likeness (QED) is 0.606. The maximum atomic E-state index is 12.5. The van der Waals surface area contributed by atoms with E-state index in [0.29, 0.717) is 6.42 Å². The zero-order valence-corrected chi connectivity index (χ0v) is 14.1. The molecule has 2 rings (SSSR count). The summed E-state index contributed by atoms with van der Waals surface area (Å²) in [4.78, 5) is 29.6. The Labute approximate surface area is 152 Å². The highest BCUT2D eigenvalue weighted by Crippen LogP contribution is 2.27.